The molecule has 2 saturated heterocycles. The van der Waals surface area contributed by atoms with Crippen molar-refractivity contribution in [3.63, 3.8) is 0 Å². The lowest BCUT2D eigenvalue weighted by Gasteiger charge is -2.18. The Balaban J connectivity index is 1.68. The van der Waals surface area contributed by atoms with Crippen LogP contribution in [-0.4, -0.2) is 17.9 Å². The smallest absolute Gasteiger partial charge is 0.141 e. The SMILES string of the molecule is O=C(Cc1cccc(F)c1)C1CC2CCC1N2. The molecule has 0 aliphatic carbocycles. The highest BCUT2D eigenvalue weighted by molar-refractivity contribution is 5.84. The number of hydrogen-bond acceptors (Lipinski definition) is 2. The molecule has 2 nitrogen and oxygen atoms in total. The van der Waals surface area contributed by atoms with Gasteiger partial charge in [0.25, 0.3) is 0 Å². The van der Waals surface area contributed by atoms with Crippen molar-refractivity contribution in [2.45, 2.75) is 37.8 Å². The van der Waals surface area contributed by atoms with Gasteiger partial charge in [0.15, 0.2) is 0 Å². The summed E-state index contributed by atoms with van der Waals surface area (Å²) in [7, 11) is 0. The fourth-order valence-corrected chi connectivity index (χ4v) is 3.16. The number of carbonyl (C=O) groups is 1. The van der Waals surface area contributed by atoms with Crippen molar-refractivity contribution in [1.82, 2.24) is 5.32 Å². The van der Waals surface area contributed by atoms with Crippen molar-refractivity contribution in [2.24, 2.45) is 5.92 Å². The summed E-state index contributed by atoms with van der Waals surface area (Å²) in [6.07, 6.45) is 3.66. The van der Waals surface area contributed by atoms with Gasteiger partial charge in [0.05, 0.1) is 0 Å². The molecule has 2 bridgehead atoms. The summed E-state index contributed by atoms with van der Waals surface area (Å²) in [6.45, 7) is 0. The Kier molecular flexibility index (Phi) is 2.71. The van der Waals surface area contributed by atoms with Crippen LogP contribution >= 0.6 is 0 Å². The van der Waals surface area contributed by atoms with Crippen LogP contribution < -0.4 is 5.32 Å². The topological polar surface area (TPSA) is 29.1 Å². The number of ketones is 1. The molecule has 2 fully saturated rings. The molecular weight excluding hydrogens is 217 g/mol. The Bertz CT molecular complexity index is 446. The third kappa shape index (κ3) is 2.12. The second kappa shape index (κ2) is 4.22. The first-order valence-electron chi connectivity index (χ1n) is 6.25. The predicted molar refractivity (Wildman–Crippen MR) is 63.2 cm³/mol. The monoisotopic (exact) mass is 233 g/mol. The molecule has 1 aromatic rings. The standard InChI is InChI=1S/C14H16FNO/c15-10-3-1-2-9(6-10)7-14(17)12-8-11-4-5-13(12)16-11/h1-3,6,11-13,16H,4-5,7-8H2. The van der Waals surface area contributed by atoms with E-state index in [4.69, 9.17) is 0 Å². The lowest BCUT2D eigenvalue weighted by Crippen LogP contribution is -2.29. The highest BCUT2D eigenvalue weighted by atomic mass is 19.1. The summed E-state index contributed by atoms with van der Waals surface area (Å²) in [5, 5.41) is 3.46. The molecule has 0 radical (unpaired) electrons. The maximum absolute atomic E-state index is 13.0. The summed E-state index contributed by atoms with van der Waals surface area (Å²) < 4.78 is 13.0. The van der Waals surface area contributed by atoms with E-state index < -0.39 is 0 Å². The van der Waals surface area contributed by atoms with Crippen LogP contribution in [-0.2, 0) is 11.2 Å². The molecular formula is C14H16FNO. The number of carbonyl (C=O) groups excluding carboxylic acids is 1. The molecule has 3 unspecified atom stereocenters. The molecule has 1 aromatic carbocycles. The van der Waals surface area contributed by atoms with Crippen molar-refractivity contribution in [3.8, 4) is 0 Å². The van der Waals surface area contributed by atoms with Gasteiger partial charge in [-0.05, 0) is 37.0 Å². The summed E-state index contributed by atoms with van der Waals surface area (Å²) >= 11 is 0. The second-order valence-electron chi connectivity index (χ2n) is 5.16. The molecule has 0 spiro atoms. The third-order valence-electron chi connectivity index (χ3n) is 3.98. The van der Waals surface area contributed by atoms with Crippen molar-refractivity contribution in [2.75, 3.05) is 0 Å². The molecule has 0 aromatic heterocycles. The quantitative estimate of drug-likeness (QED) is 0.866. The average Bonchev–Trinajstić information content (AvgIpc) is 2.90. The van der Waals surface area contributed by atoms with E-state index in [1.165, 1.54) is 18.6 Å². The zero-order chi connectivity index (χ0) is 11.8. The molecule has 90 valence electrons. The van der Waals surface area contributed by atoms with Gasteiger partial charge in [-0.3, -0.25) is 4.79 Å². The highest BCUT2D eigenvalue weighted by Crippen LogP contribution is 2.34. The highest BCUT2D eigenvalue weighted by Gasteiger charge is 2.42. The lowest BCUT2D eigenvalue weighted by atomic mass is 9.84. The van der Waals surface area contributed by atoms with Gasteiger partial charge in [0, 0.05) is 24.4 Å². The number of Topliss-reactive ketones (excluding diaryl/α,β-unsaturated/α-hetero) is 1. The Hall–Kier alpha value is -1.22. The summed E-state index contributed by atoms with van der Waals surface area (Å²) in [5.74, 6) is 0.147. The van der Waals surface area contributed by atoms with Crippen LogP contribution in [0.1, 0.15) is 24.8 Å². The third-order valence-corrected chi connectivity index (χ3v) is 3.98. The number of nitrogens with one attached hydrogen (secondary N) is 1. The van der Waals surface area contributed by atoms with Crippen LogP contribution in [0, 0.1) is 11.7 Å². The van der Waals surface area contributed by atoms with Gasteiger partial charge >= 0.3 is 0 Å². The molecule has 17 heavy (non-hydrogen) atoms. The molecule has 2 aliphatic rings. The first-order chi connectivity index (χ1) is 8.22. The van der Waals surface area contributed by atoms with Gasteiger partial charge < -0.3 is 5.32 Å². The Morgan fingerprint density at radius 1 is 1.41 bits per heavy atom. The number of benzene rings is 1. The van der Waals surface area contributed by atoms with Crippen molar-refractivity contribution >= 4 is 5.78 Å². The Morgan fingerprint density at radius 3 is 2.94 bits per heavy atom. The van der Waals surface area contributed by atoms with Crippen LogP contribution in [0.25, 0.3) is 0 Å². The Morgan fingerprint density at radius 2 is 2.29 bits per heavy atom. The van der Waals surface area contributed by atoms with Gasteiger partial charge in [-0.2, -0.15) is 0 Å². The van der Waals surface area contributed by atoms with E-state index in [1.807, 2.05) is 6.07 Å². The molecule has 1 N–H and O–H groups in total. The fourth-order valence-electron chi connectivity index (χ4n) is 3.16. The molecule has 2 heterocycles. The second-order valence-corrected chi connectivity index (χ2v) is 5.16. The zero-order valence-electron chi connectivity index (χ0n) is 9.66. The van der Waals surface area contributed by atoms with Gasteiger partial charge in [-0.1, -0.05) is 12.1 Å². The minimum absolute atomic E-state index is 0.150. The maximum Gasteiger partial charge on any atom is 0.141 e. The van der Waals surface area contributed by atoms with E-state index in [1.54, 1.807) is 6.07 Å². The maximum atomic E-state index is 13.0. The van der Waals surface area contributed by atoms with Crippen molar-refractivity contribution in [1.29, 1.82) is 0 Å². The van der Waals surface area contributed by atoms with Crippen LogP contribution in [0.3, 0.4) is 0 Å². The Labute approximate surface area is 100 Å². The number of hydrogen-bond donors (Lipinski definition) is 1. The number of fused-ring (bicyclic) bond motifs is 2. The van der Waals surface area contributed by atoms with Crippen LogP contribution in [0.4, 0.5) is 4.39 Å². The molecule has 0 amide bonds. The zero-order valence-corrected chi connectivity index (χ0v) is 9.66. The summed E-state index contributed by atoms with van der Waals surface area (Å²) in [6, 6.07) is 7.27. The fraction of sp³-hybridized carbons (Fsp3) is 0.500. The molecule has 3 heteroatoms. The van der Waals surface area contributed by atoms with Gasteiger partial charge in [0.1, 0.15) is 11.6 Å². The molecule has 2 aliphatic heterocycles. The van der Waals surface area contributed by atoms with E-state index in [-0.39, 0.29) is 17.5 Å². The van der Waals surface area contributed by atoms with Crippen molar-refractivity contribution in [3.05, 3.63) is 35.6 Å². The van der Waals surface area contributed by atoms with E-state index in [2.05, 4.69) is 5.32 Å². The van der Waals surface area contributed by atoms with E-state index in [0.717, 1.165) is 18.4 Å². The molecule has 0 saturated carbocycles. The number of halogens is 1. The summed E-state index contributed by atoms with van der Waals surface area (Å²) in [4.78, 5) is 12.2. The average molecular weight is 233 g/mol. The largest absolute Gasteiger partial charge is 0.310 e. The minimum Gasteiger partial charge on any atom is -0.310 e. The normalized spacial score (nSPS) is 30.8. The summed E-state index contributed by atoms with van der Waals surface area (Å²) in [5.41, 5.74) is 0.790. The minimum atomic E-state index is -0.263. The lowest BCUT2D eigenvalue weighted by molar-refractivity contribution is -0.122. The van der Waals surface area contributed by atoms with E-state index >= 15 is 0 Å². The van der Waals surface area contributed by atoms with Gasteiger partial charge in [-0.15, -0.1) is 0 Å². The van der Waals surface area contributed by atoms with Gasteiger partial charge in [-0.25, -0.2) is 4.39 Å². The molecule has 3 atom stereocenters. The van der Waals surface area contributed by atoms with E-state index in [9.17, 15) is 9.18 Å². The van der Waals surface area contributed by atoms with Crippen LogP contribution in [0.5, 0.6) is 0 Å². The van der Waals surface area contributed by atoms with Crippen LogP contribution in [0.2, 0.25) is 0 Å². The predicted octanol–water partition coefficient (Wildman–Crippen LogP) is 2.08. The van der Waals surface area contributed by atoms with Crippen molar-refractivity contribution < 1.29 is 9.18 Å². The van der Waals surface area contributed by atoms with Gasteiger partial charge in [0.2, 0.25) is 0 Å². The van der Waals surface area contributed by atoms with E-state index in [0.29, 0.717) is 18.5 Å². The molecule has 3 rings (SSSR count). The number of rotatable bonds is 3. The van der Waals surface area contributed by atoms with Crippen LogP contribution in [0.15, 0.2) is 24.3 Å². The first kappa shape index (κ1) is 10.9. The first-order valence-corrected chi connectivity index (χ1v) is 6.25.